The SMILES string of the molecule is CCCNCc1cnc(-n2ccnc2)c(C)c1. The van der Waals surface area contributed by atoms with Crippen LogP contribution in [0.3, 0.4) is 0 Å². The monoisotopic (exact) mass is 230 g/mol. The molecule has 0 fully saturated rings. The van der Waals surface area contributed by atoms with Crippen LogP contribution in [0.5, 0.6) is 0 Å². The Hall–Kier alpha value is -1.68. The second kappa shape index (κ2) is 5.59. The molecule has 0 unspecified atom stereocenters. The number of nitrogens with one attached hydrogen (secondary N) is 1. The van der Waals surface area contributed by atoms with Crippen molar-refractivity contribution in [1.29, 1.82) is 0 Å². The molecular weight excluding hydrogens is 212 g/mol. The fourth-order valence-corrected chi connectivity index (χ4v) is 1.79. The summed E-state index contributed by atoms with van der Waals surface area (Å²) in [6.45, 7) is 6.17. The summed E-state index contributed by atoms with van der Waals surface area (Å²) in [5.74, 6) is 0.946. The minimum absolute atomic E-state index is 0.881. The molecule has 2 heterocycles. The first-order valence-electron chi connectivity index (χ1n) is 5.96. The van der Waals surface area contributed by atoms with Gasteiger partial charge in [-0.15, -0.1) is 0 Å². The van der Waals surface area contributed by atoms with Gasteiger partial charge in [-0.25, -0.2) is 9.97 Å². The second-order valence-electron chi connectivity index (χ2n) is 4.13. The minimum Gasteiger partial charge on any atom is -0.313 e. The van der Waals surface area contributed by atoms with Gasteiger partial charge >= 0.3 is 0 Å². The van der Waals surface area contributed by atoms with Crippen molar-refractivity contribution >= 4 is 0 Å². The molecule has 2 aromatic heterocycles. The van der Waals surface area contributed by atoms with Gasteiger partial charge in [-0.3, -0.25) is 4.57 Å². The largest absolute Gasteiger partial charge is 0.313 e. The second-order valence-corrected chi connectivity index (χ2v) is 4.13. The Labute approximate surface area is 102 Å². The highest BCUT2D eigenvalue weighted by Gasteiger charge is 2.03. The van der Waals surface area contributed by atoms with E-state index in [9.17, 15) is 0 Å². The zero-order chi connectivity index (χ0) is 12.1. The molecule has 0 atom stereocenters. The molecular formula is C13H18N4. The van der Waals surface area contributed by atoms with Gasteiger partial charge in [0.1, 0.15) is 12.1 Å². The molecule has 0 saturated carbocycles. The Balaban J connectivity index is 2.12. The van der Waals surface area contributed by atoms with E-state index in [1.165, 1.54) is 11.1 Å². The lowest BCUT2D eigenvalue weighted by Gasteiger charge is -2.08. The molecule has 0 aliphatic rings. The first-order chi connectivity index (χ1) is 8.31. The molecule has 4 heteroatoms. The van der Waals surface area contributed by atoms with E-state index in [0.717, 1.165) is 25.3 Å². The summed E-state index contributed by atoms with van der Waals surface area (Å²) in [6, 6.07) is 2.17. The standard InChI is InChI=1S/C13H18N4/c1-3-4-14-8-12-7-11(2)13(16-9-12)17-6-5-15-10-17/h5-7,9-10,14H,3-4,8H2,1-2H3. The normalized spacial score (nSPS) is 10.7. The lowest BCUT2D eigenvalue weighted by molar-refractivity contribution is 0.673. The van der Waals surface area contributed by atoms with E-state index >= 15 is 0 Å². The maximum absolute atomic E-state index is 4.48. The van der Waals surface area contributed by atoms with Gasteiger partial charge < -0.3 is 5.32 Å². The zero-order valence-corrected chi connectivity index (χ0v) is 10.3. The first-order valence-corrected chi connectivity index (χ1v) is 5.96. The number of hydrogen-bond donors (Lipinski definition) is 1. The Morgan fingerprint density at radius 1 is 1.41 bits per heavy atom. The smallest absolute Gasteiger partial charge is 0.140 e. The predicted molar refractivity (Wildman–Crippen MR) is 68.1 cm³/mol. The maximum Gasteiger partial charge on any atom is 0.140 e. The summed E-state index contributed by atoms with van der Waals surface area (Å²) in [7, 11) is 0. The summed E-state index contributed by atoms with van der Waals surface area (Å²) < 4.78 is 1.93. The quantitative estimate of drug-likeness (QED) is 0.800. The fraction of sp³-hybridized carbons (Fsp3) is 0.385. The molecule has 0 amide bonds. The Bertz CT molecular complexity index is 462. The number of nitrogens with zero attached hydrogens (tertiary/aromatic N) is 3. The number of pyridine rings is 1. The highest BCUT2D eigenvalue weighted by atomic mass is 15.1. The van der Waals surface area contributed by atoms with Crippen LogP contribution in [0.4, 0.5) is 0 Å². The summed E-state index contributed by atoms with van der Waals surface area (Å²) in [5.41, 5.74) is 2.39. The van der Waals surface area contributed by atoms with E-state index in [2.05, 4.69) is 35.2 Å². The average Bonchev–Trinajstić information content (AvgIpc) is 2.83. The summed E-state index contributed by atoms with van der Waals surface area (Å²) in [4.78, 5) is 8.52. The van der Waals surface area contributed by atoms with E-state index in [0.29, 0.717) is 0 Å². The van der Waals surface area contributed by atoms with E-state index in [1.54, 1.807) is 12.5 Å². The van der Waals surface area contributed by atoms with Crippen LogP contribution in [0.15, 0.2) is 31.0 Å². The molecule has 4 nitrogen and oxygen atoms in total. The molecule has 0 aliphatic heterocycles. The van der Waals surface area contributed by atoms with Crippen molar-refractivity contribution in [2.45, 2.75) is 26.8 Å². The van der Waals surface area contributed by atoms with E-state index in [-0.39, 0.29) is 0 Å². The molecule has 1 N–H and O–H groups in total. The molecule has 2 rings (SSSR count). The highest BCUT2D eigenvalue weighted by molar-refractivity contribution is 5.35. The molecule has 0 spiro atoms. The average molecular weight is 230 g/mol. The Morgan fingerprint density at radius 3 is 2.94 bits per heavy atom. The molecule has 0 aromatic carbocycles. The van der Waals surface area contributed by atoms with Gasteiger partial charge in [-0.1, -0.05) is 6.92 Å². The molecule has 2 aromatic rings. The van der Waals surface area contributed by atoms with Crippen molar-refractivity contribution in [3.63, 3.8) is 0 Å². The third-order valence-electron chi connectivity index (χ3n) is 2.61. The van der Waals surface area contributed by atoms with Crippen molar-refractivity contribution in [3.05, 3.63) is 42.1 Å². The third-order valence-corrected chi connectivity index (χ3v) is 2.61. The van der Waals surface area contributed by atoms with Crippen molar-refractivity contribution in [2.75, 3.05) is 6.54 Å². The van der Waals surface area contributed by atoms with Crippen LogP contribution >= 0.6 is 0 Å². The van der Waals surface area contributed by atoms with Gasteiger partial charge in [0, 0.05) is 25.1 Å². The lowest BCUT2D eigenvalue weighted by atomic mass is 10.2. The predicted octanol–water partition coefficient (Wildman–Crippen LogP) is 2.08. The maximum atomic E-state index is 4.48. The van der Waals surface area contributed by atoms with Gasteiger partial charge in [0.05, 0.1) is 0 Å². The molecule has 0 bridgehead atoms. The Kier molecular flexibility index (Phi) is 3.88. The number of aryl methyl sites for hydroxylation is 1. The lowest BCUT2D eigenvalue weighted by Crippen LogP contribution is -2.14. The first kappa shape index (κ1) is 11.8. The van der Waals surface area contributed by atoms with Crippen molar-refractivity contribution < 1.29 is 0 Å². The van der Waals surface area contributed by atoms with Crippen LogP contribution in [0.1, 0.15) is 24.5 Å². The van der Waals surface area contributed by atoms with Gasteiger partial charge in [-0.05, 0) is 37.1 Å². The van der Waals surface area contributed by atoms with Crippen LogP contribution < -0.4 is 5.32 Å². The Morgan fingerprint density at radius 2 is 2.29 bits per heavy atom. The molecule has 0 saturated heterocycles. The molecule has 90 valence electrons. The van der Waals surface area contributed by atoms with Crippen LogP contribution in [0.25, 0.3) is 5.82 Å². The number of imidazole rings is 1. The van der Waals surface area contributed by atoms with E-state index in [1.807, 2.05) is 17.0 Å². The van der Waals surface area contributed by atoms with Crippen molar-refractivity contribution in [2.24, 2.45) is 0 Å². The topological polar surface area (TPSA) is 42.7 Å². The third kappa shape index (κ3) is 2.91. The van der Waals surface area contributed by atoms with Crippen molar-refractivity contribution in [1.82, 2.24) is 19.9 Å². The van der Waals surface area contributed by atoms with Gasteiger partial charge in [0.25, 0.3) is 0 Å². The number of hydrogen-bond acceptors (Lipinski definition) is 3. The van der Waals surface area contributed by atoms with Gasteiger partial charge in [-0.2, -0.15) is 0 Å². The van der Waals surface area contributed by atoms with Crippen LogP contribution in [-0.2, 0) is 6.54 Å². The fourth-order valence-electron chi connectivity index (χ4n) is 1.79. The van der Waals surface area contributed by atoms with E-state index < -0.39 is 0 Å². The van der Waals surface area contributed by atoms with Gasteiger partial charge in [0.2, 0.25) is 0 Å². The molecule has 0 radical (unpaired) electrons. The minimum atomic E-state index is 0.881. The summed E-state index contributed by atoms with van der Waals surface area (Å²) in [6.07, 6.45) is 8.51. The summed E-state index contributed by atoms with van der Waals surface area (Å²) >= 11 is 0. The summed E-state index contributed by atoms with van der Waals surface area (Å²) in [5, 5.41) is 3.37. The molecule has 17 heavy (non-hydrogen) atoms. The van der Waals surface area contributed by atoms with Crippen LogP contribution in [-0.4, -0.2) is 21.1 Å². The van der Waals surface area contributed by atoms with Crippen LogP contribution in [0.2, 0.25) is 0 Å². The van der Waals surface area contributed by atoms with Crippen LogP contribution in [0, 0.1) is 6.92 Å². The van der Waals surface area contributed by atoms with Crippen molar-refractivity contribution in [3.8, 4) is 5.82 Å². The number of aromatic nitrogens is 3. The highest BCUT2D eigenvalue weighted by Crippen LogP contribution is 2.12. The number of rotatable bonds is 5. The van der Waals surface area contributed by atoms with E-state index in [4.69, 9.17) is 0 Å². The molecule has 0 aliphatic carbocycles. The zero-order valence-electron chi connectivity index (χ0n) is 10.3. The van der Waals surface area contributed by atoms with Gasteiger partial charge in [0.15, 0.2) is 0 Å².